The van der Waals surface area contributed by atoms with Gasteiger partial charge in [0.1, 0.15) is 11.5 Å². The first-order chi connectivity index (χ1) is 10.0. The molecule has 2 aromatic carbocycles. The van der Waals surface area contributed by atoms with Crippen molar-refractivity contribution in [1.82, 2.24) is 0 Å². The first-order valence-corrected chi connectivity index (χ1v) is 6.76. The van der Waals surface area contributed by atoms with E-state index in [0.717, 1.165) is 12.2 Å². The molecular weight excluding hydrogens is 292 g/mol. The number of anilines is 2. The molecule has 5 nitrogen and oxygen atoms in total. The zero-order chi connectivity index (χ0) is 15.4. The molecular formula is C15H15ClN2O3. The average molecular weight is 307 g/mol. The van der Waals surface area contributed by atoms with Crippen molar-refractivity contribution in [2.75, 3.05) is 17.2 Å². The van der Waals surface area contributed by atoms with Gasteiger partial charge in [0.15, 0.2) is 0 Å². The minimum absolute atomic E-state index is 0.0395. The van der Waals surface area contributed by atoms with E-state index in [9.17, 15) is 15.0 Å². The number of amides is 1. The van der Waals surface area contributed by atoms with Crippen LogP contribution in [0.2, 0.25) is 5.02 Å². The molecule has 0 aliphatic carbocycles. The van der Waals surface area contributed by atoms with E-state index >= 15 is 0 Å². The second-order valence-corrected chi connectivity index (χ2v) is 4.81. The van der Waals surface area contributed by atoms with Crippen molar-refractivity contribution in [2.24, 2.45) is 0 Å². The van der Waals surface area contributed by atoms with Crippen molar-refractivity contribution < 1.29 is 15.0 Å². The lowest BCUT2D eigenvalue weighted by atomic mass is 10.1. The van der Waals surface area contributed by atoms with Crippen LogP contribution in [0.25, 0.3) is 0 Å². The molecule has 0 saturated carbocycles. The second-order valence-electron chi connectivity index (χ2n) is 4.38. The van der Waals surface area contributed by atoms with Crippen molar-refractivity contribution in [3.05, 3.63) is 47.0 Å². The lowest BCUT2D eigenvalue weighted by Crippen LogP contribution is -2.12. The van der Waals surface area contributed by atoms with Gasteiger partial charge in [-0.1, -0.05) is 11.6 Å². The molecule has 0 heterocycles. The molecule has 0 spiro atoms. The predicted molar refractivity (Wildman–Crippen MR) is 83.3 cm³/mol. The van der Waals surface area contributed by atoms with Crippen LogP contribution in [0.15, 0.2) is 36.4 Å². The highest BCUT2D eigenvalue weighted by Gasteiger charge is 2.14. The fraction of sp³-hybridized carbons (Fsp3) is 0.133. The lowest BCUT2D eigenvalue weighted by Gasteiger charge is -2.10. The Morgan fingerprint density at radius 3 is 2.57 bits per heavy atom. The molecule has 0 aromatic heterocycles. The third-order valence-electron chi connectivity index (χ3n) is 2.83. The Labute approximate surface area is 127 Å². The van der Waals surface area contributed by atoms with Crippen LogP contribution in [0, 0.1) is 0 Å². The number of carbonyl (C=O) groups excluding carboxylic acids is 1. The van der Waals surface area contributed by atoms with Gasteiger partial charge in [-0.05, 0) is 37.3 Å². The Kier molecular flexibility index (Phi) is 4.55. The number of benzene rings is 2. The van der Waals surface area contributed by atoms with Gasteiger partial charge >= 0.3 is 0 Å². The zero-order valence-corrected chi connectivity index (χ0v) is 12.1. The van der Waals surface area contributed by atoms with Crippen LogP contribution in [0.1, 0.15) is 17.3 Å². The molecule has 0 radical (unpaired) electrons. The minimum atomic E-state index is -0.554. The van der Waals surface area contributed by atoms with Crippen LogP contribution >= 0.6 is 11.6 Å². The number of phenolic OH excluding ortho intramolecular Hbond substituents is 2. The lowest BCUT2D eigenvalue weighted by molar-refractivity contribution is 0.102. The standard InChI is InChI=1S/C15H15ClN2O3/c1-2-17-10-4-5-12(14(20)8-10)18-15(21)11-7-9(16)3-6-13(11)19/h3-8,17,19-20H,2H2,1H3,(H,18,21). The van der Waals surface area contributed by atoms with E-state index in [4.69, 9.17) is 11.6 Å². The summed E-state index contributed by atoms with van der Waals surface area (Å²) in [6.07, 6.45) is 0. The minimum Gasteiger partial charge on any atom is -0.507 e. The Morgan fingerprint density at radius 1 is 1.14 bits per heavy atom. The Bertz CT molecular complexity index is 674. The number of carbonyl (C=O) groups is 1. The van der Waals surface area contributed by atoms with Gasteiger partial charge in [-0.2, -0.15) is 0 Å². The predicted octanol–water partition coefficient (Wildman–Crippen LogP) is 3.44. The number of phenols is 2. The van der Waals surface area contributed by atoms with Crippen LogP contribution in [-0.4, -0.2) is 22.7 Å². The van der Waals surface area contributed by atoms with E-state index in [-0.39, 0.29) is 22.7 Å². The van der Waals surface area contributed by atoms with Crippen LogP contribution in [-0.2, 0) is 0 Å². The maximum atomic E-state index is 12.1. The first kappa shape index (κ1) is 15.0. The third-order valence-corrected chi connectivity index (χ3v) is 3.07. The molecule has 110 valence electrons. The number of rotatable bonds is 4. The summed E-state index contributed by atoms with van der Waals surface area (Å²) in [5.41, 5.74) is 1.04. The summed E-state index contributed by atoms with van der Waals surface area (Å²) >= 11 is 5.80. The van der Waals surface area contributed by atoms with Crippen LogP contribution < -0.4 is 10.6 Å². The van der Waals surface area contributed by atoms with Gasteiger partial charge in [0.25, 0.3) is 5.91 Å². The van der Waals surface area contributed by atoms with Gasteiger partial charge in [0.05, 0.1) is 11.3 Å². The molecule has 6 heteroatoms. The summed E-state index contributed by atoms with van der Waals surface area (Å²) in [7, 11) is 0. The van der Waals surface area contributed by atoms with Crippen molar-refractivity contribution >= 4 is 28.9 Å². The SMILES string of the molecule is CCNc1ccc(NC(=O)c2cc(Cl)ccc2O)c(O)c1. The highest BCUT2D eigenvalue weighted by molar-refractivity contribution is 6.31. The second kappa shape index (κ2) is 6.37. The molecule has 4 N–H and O–H groups in total. The fourth-order valence-corrected chi connectivity index (χ4v) is 2.00. The van der Waals surface area contributed by atoms with E-state index in [0.29, 0.717) is 5.02 Å². The van der Waals surface area contributed by atoms with Gasteiger partial charge in [-0.3, -0.25) is 4.79 Å². The summed E-state index contributed by atoms with van der Waals surface area (Å²) in [6.45, 7) is 2.66. The molecule has 0 fully saturated rings. The highest BCUT2D eigenvalue weighted by atomic mass is 35.5. The molecule has 0 atom stereocenters. The fourth-order valence-electron chi connectivity index (χ4n) is 1.83. The van der Waals surface area contributed by atoms with Gasteiger partial charge < -0.3 is 20.8 Å². The van der Waals surface area contributed by atoms with Crippen molar-refractivity contribution in [3.8, 4) is 11.5 Å². The molecule has 0 unspecified atom stereocenters. The summed E-state index contributed by atoms with van der Waals surface area (Å²) in [5.74, 6) is -0.800. The van der Waals surface area contributed by atoms with E-state index < -0.39 is 5.91 Å². The first-order valence-electron chi connectivity index (χ1n) is 6.38. The quantitative estimate of drug-likeness (QED) is 0.652. The monoisotopic (exact) mass is 306 g/mol. The summed E-state index contributed by atoms with van der Waals surface area (Å²) in [4.78, 5) is 12.1. The maximum absolute atomic E-state index is 12.1. The molecule has 0 aliphatic heterocycles. The van der Waals surface area contributed by atoms with Crippen LogP contribution in [0.4, 0.5) is 11.4 Å². The summed E-state index contributed by atoms with van der Waals surface area (Å²) in [5, 5.41) is 25.5. The van der Waals surface area contributed by atoms with Crippen molar-refractivity contribution in [3.63, 3.8) is 0 Å². The largest absolute Gasteiger partial charge is 0.507 e. The third kappa shape index (κ3) is 3.58. The summed E-state index contributed by atoms with van der Waals surface area (Å²) in [6, 6.07) is 9.00. The Balaban J connectivity index is 2.21. The summed E-state index contributed by atoms with van der Waals surface area (Å²) < 4.78 is 0. The van der Waals surface area contributed by atoms with E-state index in [1.54, 1.807) is 12.1 Å². The molecule has 21 heavy (non-hydrogen) atoms. The zero-order valence-electron chi connectivity index (χ0n) is 11.4. The number of halogens is 1. The Morgan fingerprint density at radius 2 is 1.90 bits per heavy atom. The van der Waals surface area contributed by atoms with Gasteiger partial charge in [0, 0.05) is 23.3 Å². The van der Waals surface area contributed by atoms with E-state index in [1.165, 1.54) is 24.3 Å². The molecule has 1 amide bonds. The number of hydrogen-bond donors (Lipinski definition) is 4. The van der Waals surface area contributed by atoms with Gasteiger partial charge in [-0.25, -0.2) is 0 Å². The van der Waals surface area contributed by atoms with Crippen molar-refractivity contribution in [2.45, 2.75) is 6.92 Å². The molecule has 2 aromatic rings. The maximum Gasteiger partial charge on any atom is 0.259 e. The highest BCUT2D eigenvalue weighted by Crippen LogP contribution is 2.28. The van der Waals surface area contributed by atoms with Gasteiger partial charge in [0.2, 0.25) is 0 Å². The smallest absolute Gasteiger partial charge is 0.259 e. The topological polar surface area (TPSA) is 81.6 Å². The molecule has 0 saturated heterocycles. The van der Waals surface area contributed by atoms with Crippen LogP contribution in [0.3, 0.4) is 0 Å². The average Bonchev–Trinajstić information content (AvgIpc) is 2.44. The van der Waals surface area contributed by atoms with Crippen molar-refractivity contribution in [1.29, 1.82) is 0 Å². The number of aromatic hydroxyl groups is 2. The van der Waals surface area contributed by atoms with E-state index in [1.807, 2.05) is 6.92 Å². The van der Waals surface area contributed by atoms with E-state index in [2.05, 4.69) is 10.6 Å². The normalized spacial score (nSPS) is 10.2. The Hall–Kier alpha value is -2.40. The number of hydrogen-bond acceptors (Lipinski definition) is 4. The molecule has 0 bridgehead atoms. The number of nitrogens with one attached hydrogen (secondary N) is 2. The molecule has 2 rings (SSSR count). The molecule has 0 aliphatic rings. The van der Waals surface area contributed by atoms with Gasteiger partial charge in [-0.15, -0.1) is 0 Å². The van der Waals surface area contributed by atoms with Crippen LogP contribution in [0.5, 0.6) is 11.5 Å².